The summed E-state index contributed by atoms with van der Waals surface area (Å²) in [7, 11) is 0. The third-order valence-corrected chi connectivity index (χ3v) is 3.22. The number of carbonyl (C=O) groups excluding carboxylic acids is 1. The van der Waals surface area contributed by atoms with Crippen LogP contribution in [0.25, 0.3) is 0 Å². The molecule has 0 aliphatic rings. The molecule has 0 heterocycles. The van der Waals surface area contributed by atoms with Crippen LogP contribution in [-0.2, 0) is 4.79 Å². The van der Waals surface area contributed by atoms with E-state index in [2.05, 4.69) is 5.32 Å². The summed E-state index contributed by atoms with van der Waals surface area (Å²) < 4.78 is 5.35. The molecule has 0 radical (unpaired) electrons. The van der Waals surface area contributed by atoms with Gasteiger partial charge in [-0.15, -0.1) is 24.2 Å². The molecule has 3 N–H and O–H groups in total. The fraction of sp³-hybridized carbons (Fsp3) is 0.462. The van der Waals surface area contributed by atoms with E-state index in [0.29, 0.717) is 25.4 Å². The maximum absolute atomic E-state index is 11.5. The number of thioether (sulfide) groups is 1. The van der Waals surface area contributed by atoms with Crippen LogP contribution in [0, 0.1) is 0 Å². The molecule has 0 saturated carbocycles. The van der Waals surface area contributed by atoms with Crippen LogP contribution < -0.4 is 15.8 Å². The number of rotatable bonds is 8. The largest absolute Gasteiger partial charge is 0.494 e. The first-order chi connectivity index (χ1) is 8.76. The number of ether oxygens (including phenoxy) is 1. The van der Waals surface area contributed by atoms with E-state index in [1.807, 2.05) is 31.2 Å². The van der Waals surface area contributed by atoms with Crippen LogP contribution in [-0.4, -0.2) is 31.4 Å². The van der Waals surface area contributed by atoms with Gasteiger partial charge < -0.3 is 15.8 Å². The van der Waals surface area contributed by atoms with Crippen LogP contribution >= 0.6 is 24.2 Å². The normalized spacial score (nSPS) is 9.58. The zero-order valence-corrected chi connectivity index (χ0v) is 12.7. The van der Waals surface area contributed by atoms with E-state index in [1.165, 1.54) is 11.8 Å². The highest BCUT2D eigenvalue weighted by Crippen LogP contribution is 2.21. The number of halogens is 1. The van der Waals surface area contributed by atoms with Crippen molar-refractivity contribution in [1.29, 1.82) is 0 Å². The Balaban J connectivity index is 0.00000324. The smallest absolute Gasteiger partial charge is 0.230 e. The molecule has 1 amide bonds. The topological polar surface area (TPSA) is 64.3 Å². The molecule has 4 nitrogen and oxygen atoms in total. The van der Waals surface area contributed by atoms with Crippen LogP contribution in [0.3, 0.4) is 0 Å². The second-order valence-corrected chi connectivity index (χ2v) is 4.73. The molecule has 0 aromatic heterocycles. The summed E-state index contributed by atoms with van der Waals surface area (Å²) in [6.07, 6.45) is 0.819. The SMILES string of the molecule is CCOc1ccc(SCC(=O)NCCCN)cc1.Cl. The molecule has 0 unspecified atom stereocenters. The van der Waals surface area contributed by atoms with Crippen molar-refractivity contribution >= 4 is 30.1 Å². The fourth-order valence-corrected chi connectivity index (χ4v) is 2.06. The predicted molar refractivity (Wildman–Crippen MR) is 82.3 cm³/mol. The van der Waals surface area contributed by atoms with Gasteiger partial charge in [0, 0.05) is 11.4 Å². The summed E-state index contributed by atoms with van der Waals surface area (Å²) >= 11 is 1.51. The van der Waals surface area contributed by atoms with E-state index in [0.717, 1.165) is 17.1 Å². The van der Waals surface area contributed by atoms with E-state index in [9.17, 15) is 4.79 Å². The number of nitrogens with two attached hydrogens (primary N) is 1. The lowest BCUT2D eigenvalue weighted by Gasteiger charge is -2.05. The van der Waals surface area contributed by atoms with Crippen molar-refractivity contribution in [2.75, 3.05) is 25.4 Å². The fourth-order valence-electron chi connectivity index (χ4n) is 1.33. The van der Waals surface area contributed by atoms with Crippen molar-refractivity contribution in [2.24, 2.45) is 5.73 Å². The molecule has 0 aliphatic carbocycles. The molecular formula is C13H21ClN2O2S. The van der Waals surface area contributed by atoms with Crippen LogP contribution in [0.15, 0.2) is 29.2 Å². The van der Waals surface area contributed by atoms with Crippen molar-refractivity contribution in [1.82, 2.24) is 5.32 Å². The molecule has 108 valence electrons. The first-order valence-corrected chi connectivity index (χ1v) is 7.07. The minimum atomic E-state index is 0. The minimum absolute atomic E-state index is 0. The molecule has 0 atom stereocenters. The van der Waals surface area contributed by atoms with Crippen LogP contribution in [0.1, 0.15) is 13.3 Å². The zero-order valence-electron chi connectivity index (χ0n) is 11.1. The van der Waals surface area contributed by atoms with E-state index in [4.69, 9.17) is 10.5 Å². The van der Waals surface area contributed by atoms with Gasteiger partial charge in [-0.3, -0.25) is 4.79 Å². The van der Waals surface area contributed by atoms with E-state index in [1.54, 1.807) is 0 Å². The summed E-state index contributed by atoms with van der Waals surface area (Å²) in [5.74, 6) is 1.33. The lowest BCUT2D eigenvalue weighted by molar-refractivity contribution is -0.118. The first-order valence-electron chi connectivity index (χ1n) is 6.08. The van der Waals surface area contributed by atoms with Crippen molar-refractivity contribution in [2.45, 2.75) is 18.2 Å². The average molecular weight is 305 g/mol. The van der Waals surface area contributed by atoms with Gasteiger partial charge in [-0.1, -0.05) is 0 Å². The minimum Gasteiger partial charge on any atom is -0.494 e. The van der Waals surface area contributed by atoms with Crippen LogP contribution in [0.5, 0.6) is 5.75 Å². The average Bonchev–Trinajstić information content (AvgIpc) is 2.39. The van der Waals surface area contributed by atoms with Gasteiger partial charge in [-0.25, -0.2) is 0 Å². The molecule has 1 rings (SSSR count). The molecule has 1 aromatic carbocycles. The summed E-state index contributed by atoms with van der Waals surface area (Å²) in [6, 6.07) is 7.75. The van der Waals surface area contributed by atoms with Gasteiger partial charge in [0.15, 0.2) is 0 Å². The van der Waals surface area contributed by atoms with Gasteiger partial charge in [0.05, 0.1) is 12.4 Å². The zero-order chi connectivity index (χ0) is 13.2. The Morgan fingerprint density at radius 2 is 2.05 bits per heavy atom. The third-order valence-electron chi connectivity index (χ3n) is 2.21. The number of hydrogen-bond acceptors (Lipinski definition) is 4. The number of amides is 1. The molecule has 0 spiro atoms. The quantitative estimate of drug-likeness (QED) is 0.570. The van der Waals surface area contributed by atoms with Crippen molar-refractivity contribution < 1.29 is 9.53 Å². The monoisotopic (exact) mass is 304 g/mol. The Morgan fingerprint density at radius 1 is 1.37 bits per heavy atom. The van der Waals surface area contributed by atoms with Crippen LogP contribution in [0.4, 0.5) is 0 Å². The number of hydrogen-bond donors (Lipinski definition) is 2. The summed E-state index contributed by atoms with van der Waals surface area (Å²) in [5, 5.41) is 2.82. The predicted octanol–water partition coefficient (Wildman–Crippen LogP) is 2.06. The van der Waals surface area contributed by atoms with Gasteiger partial charge in [0.1, 0.15) is 5.75 Å². The third kappa shape index (κ3) is 7.97. The van der Waals surface area contributed by atoms with Crippen LogP contribution in [0.2, 0.25) is 0 Å². The Morgan fingerprint density at radius 3 is 2.63 bits per heavy atom. The van der Waals surface area contributed by atoms with E-state index in [-0.39, 0.29) is 18.3 Å². The van der Waals surface area contributed by atoms with Crippen molar-refractivity contribution in [3.63, 3.8) is 0 Å². The number of carbonyl (C=O) groups is 1. The lowest BCUT2D eigenvalue weighted by Crippen LogP contribution is -2.27. The van der Waals surface area contributed by atoms with Gasteiger partial charge in [0.25, 0.3) is 0 Å². The van der Waals surface area contributed by atoms with E-state index < -0.39 is 0 Å². The van der Waals surface area contributed by atoms with Gasteiger partial charge in [0.2, 0.25) is 5.91 Å². The standard InChI is InChI=1S/C13H20N2O2S.ClH/c1-2-17-11-4-6-12(7-5-11)18-10-13(16)15-9-3-8-14;/h4-7H,2-3,8-10,14H2,1H3,(H,15,16);1H. The second-order valence-electron chi connectivity index (χ2n) is 3.69. The summed E-state index contributed by atoms with van der Waals surface area (Å²) in [5.41, 5.74) is 5.35. The van der Waals surface area contributed by atoms with Gasteiger partial charge >= 0.3 is 0 Å². The Kier molecular flexibility index (Phi) is 10.4. The maximum atomic E-state index is 11.5. The Hall–Kier alpha value is -0.910. The highest BCUT2D eigenvalue weighted by molar-refractivity contribution is 8.00. The first kappa shape index (κ1) is 18.1. The molecule has 1 aromatic rings. The van der Waals surface area contributed by atoms with Gasteiger partial charge in [-0.05, 0) is 44.2 Å². The summed E-state index contributed by atoms with van der Waals surface area (Å²) in [6.45, 7) is 3.87. The van der Waals surface area contributed by atoms with Crippen molar-refractivity contribution in [3.05, 3.63) is 24.3 Å². The Bertz CT molecular complexity index is 360. The maximum Gasteiger partial charge on any atom is 0.230 e. The van der Waals surface area contributed by atoms with Crippen molar-refractivity contribution in [3.8, 4) is 5.75 Å². The summed E-state index contributed by atoms with van der Waals surface area (Å²) in [4.78, 5) is 12.5. The molecule has 0 aliphatic heterocycles. The Labute approximate surface area is 124 Å². The molecule has 0 saturated heterocycles. The highest BCUT2D eigenvalue weighted by Gasteiger charge is 2.02. The molecule has 0 bridgehead atoms. The molecular weight excluding hydrogens is 284 g/mol. The van der Waals surface area contributed by atoms with E-state index >= 15 is 0 Å². The lowest BCUT2D eigenvalue weighted by atomic mass is 10.3. The number of benzene rings is 1. The second kappa shape index (κ2) is 11.0. The highest BCUT2D eigenvalue weighted by atomic mass is 35.5. The molecule has 6 heteroatoms. The molecule has 19 heavy (non-hydrogen) atoms. The van der Waals surface area contributed by atoms with Gasteiger partial charge in [-0.2, -0.15) is 0 Å². The number of nitrogens with one attached hydrogen (secondary N) is 1. The molecule has 0 fully saturated rings.